The van der Waals surface area contributed by atoms with Gasteiger partial charge in [0.1, 0.15) is 0 Å². The van der Waals surface area contributed by atoms with Crippen LogP contribution in [-0.2, 0) is 4.79 Å². The predicted octanol–water partition coefficient (Wildman–Crippen LogP) is 3.78. The maximum Gasteiger partial charge on any atom is 0.161 e. The van der Waals surface area contributed by atoms with Crippen LogP contribution in [0.25, 0.3) is 5.70 Å². The number of ketones is 1. The number of hydrogen-bond donors (Lipinski definition) is 0. The van der Waals surface area contributed by atoms with Gasteiger partial charge in [0.2, 0.25) is 0 Å². The third kappa shape index (κ3) is 2.39. The van der Waals surface area contributed by atoms with Gasteiger partial charge in [-0.05, 0) is 38.0 Å². The maximum atomic E-state index is 11.7. The third-order valence-electron chi connectivity index (χ3n) is 3.38. The molecule has 0 aliphatic carbocycles. The van der Waals surface area contributed by atoms with Gasteiger partial charge in [0.15, 0.2) is 5.78 Å². The molecule has 0 unspecified atom stereocenters. The molecule has 98 valence electrons. The zero-order valence-corrected chi connectivity index (χ0v) is 11.7. The average Bonchev–Trinajstić information content (AvgIpc) is 2.41. The summed E-state index contributed by atoms with van der Waals surface area (Å²) in [5, 5.41) is 0. The number of carbonyl (C=O) groups is 1. The molecule has 0 fully saturated rings. The summed E-state index contributed by atoms with van der Waals surface area (Å²) in [6, 6.07) is 10.2. The molecule has 1 aromatic carbocycles. The van der Waals surface area contributed by atoms with E-state index < -0.39 is 0 Å². The van der Waals surface area contributed by atoms with Gasteiger partial charge in [-0.2, -0.15) is 0 Å². The summed E-state index contributed by atoms with van der Waals surface area (Å²) in [5.74, 6) is 0.0647. The summed E-state index contributed by atoms with van der Waals surface area (Å²) in [5.41, 5.74) is 4.89. The Balaban J connectivity index is 2.60. The van der Waals surface area contributed by atoms with Gasteiger partial charge >= 0.3 is 0 Å². The molecule has 0 spiro atoms. The van der Waals surface area contributed by atoms with E-state index in [1.54, 1.807) is 6.92 Å². The Labute approximate surface area is 114 Å². The fourth-order valence-corrected chi connectivity index (χ4v) is 2.49. The first-order valence-corrected chi connectivity index (χ1v) is 6.52. The molecule has 0 saturated heterocycles. The van der Waals surface area contributed by atoms with E-state index in [4.69, 9.17) is 0 Å². The Morgan fingerprint density at radius 1 is 1.26 bits per heavy atom. The average molecular weight is 253 g/mol. The molecule has 1 aromatic rings. The number of rotatable bonds is 3. The Kier molecular flexibility index (Phi) is 3.70. The van der Waals surface area contributed by atoms with Crippen molar-refractivity contribution in [3.8, 4) is 0 Å². The van der Waals surface area contributed by atoms with E-state index in [2.05, 4.69) is 30.5 Å². The van der Waals surface area contributed by atoms with Gasteiger partial charge in [-0.3, -0.25) is 4.79 Å². The maximum absolute atomic E-state index is 11.7. The summed E-state index contributed by atoms with van der Waals surface area (Å²) in [7, 11) is 0. The number of likely N-dealkylation sites (N-methyl/N-ethyl adjacent to an activating group) is 1. The summed E-state index contributed by atoms with van der Waals surface area (Å²) in [6.45, 7) is 10.6. The lowest BCUT2D eigenvalue weighted by molar-refractivity contribution is -0.113. The minimum atomic E-state index is 0.0647. The van der Waals surface area contributed by atoms with Gasteiger partial charge in [0.05, 0.1) is 5.70 Å². The van der Waals surface area contributed by atoms with Gasteiger partial charge in [-0.15, -0.1) is 0 Å². The Bertz CT molecular complexity index is 579. The van der Waals surface area contributed by atoms with Crippen LogP contribution < -0.4 is 0 Å². The van der Waals surface area contributed by atoms with E-state index in [1.807, 2.05) is 31.2 Å². The first-order valence-electron chi connectivity index (χ1n) is 6.52. The number of benzene rings is 1. The molecular weight excluding hydrogens is 234 g/mol. The first-order chi connectivity index (χ1) is 9.06. The topological polar surface area (TPSA) is 20.3 Å². The van der Waals surface area contributed by atoms with Crippen LogP contribution in [0.5, 0.6) is 0 Å². The molecule has 1 heterocycles. The molecule has 0 radical (unpaired) electrons. The number of hydrogen-bond acceptors (Lipinski definition) is 2. The summed E-state index contributed by atoms with van der Waals surface area (Å²) < 4.78 is 0. The van der Waals surface area contributed by atoms with Gasteiger partial charge < -0.3 is 4.90 Å². The van der Waals surface area contributed by atoms with Crippen molar-refractivity contribution in [3.63, 3.8) is 0 Å². The van der Waals surface area contributed by atoms with Crippen LogP contribution >= 0.6 is 0 Å². The van der Waals surface area contributed by atoms with Crippen LogP contribution in [-0.4, -0.2) is 17.2 Å². The van der Waals surface area contributed by atoms with E-state index in [9.17, 15) is 4.79 Å². The van der Waals surface area contributed by atoms with Crippen molar-refractivity contribution in [2.75, 3.05) is 6.54 Å². The minimum absolute atomic E-state index is 0.0647. The van der Waals surface area contributed by atoms with E-state index in [1.165, 1.54) is 0 Å². The lowest BCUT2D eigenvalue weighted by Gasteiger charge is -2.33. The molecule has 0 bridgehead atoms. The van der Waals surface area contributed by atoms with Gasteiger partial charge in [0, 0.05) is 17.8 Å². The van der Waals surface area contributed by atoms with Crippen molar-refractivity contribution < 1.29 is 4.79 Å². The van der Waals surface area contributed by atoms with Crippen LogP contribution in [0.15, 0.2) is 59.8 Å². The van der Waals surface area contributed by atoms with Gasteiger partial charge in [0.25, 0.3) is 0 Å². The Morgan fingerprint density at radius 2 is 1.89 bits per heavy atom. The smallest absolute Gasteiger partial charge is 0.161 e. The SMILES string of the molecule is C=C1C(C(C)=O)=CC(C)=C(c2ccccc2)N1CC. The third-order valence-corrected chi connectivity index (χ3v) is 3.38. The number of nitrogens with zero attached hydrogens (tertiary/aromatic N) is 1. The molecule has 0 amide bonds. The molecule has 2 heteroatoms. The molecule has 1 aliphatic heterocycles. The summed E-state index contributed by atoms with van der Waals surface area (Å²) >= 11 is 0. The molecule has 1 aliphatic rings. The zero-order chi connectivity index (χ0) is 14.0. The van der Waals surface area contributed by atoms with Crippen molar-refractivity contribution in [1.29, 1.82) is 0 Å². The predicted molar refractivity (Wildman–Crippen MR) is 79.3 cm³/mol. The van der Waals surface area contributed by atoms with Crippen LogP contribution in [0, 0.1) is 0 Å². The Hall–Kier alpha value is -2.09. The second kappa shape index (κ2) is 5.27. The molecule has 0 aromatic heterocycles. The van der Waals surface area contributed by atoms with E-state index in [0.29, 0.717) is 5.57 Å². The monoisotopic (exact) mass is 253 g/mol. The fourth-order valence-electron chi connectivity index (χ4n) is 2.49. The van der Waals surface area contributed by atoms with Crippen molar-refractivity contribution in [2.24, 2.45) is 0 Å². The Morgan fingerprint density at radius 3 is 2.42 bits per heavy atom. The standard InChI is InChI=1S/C17H19NO/c1-5-18-13(3)16(14(4)19)11-12(2)17(18)15-9-7-6-8-10-15/h6-11H,3,5H2,1-2,4H3. The van der Waals surface area contributed by atoms with E-state index >= 15 is 0 Å². The highest BCUT2D eigenvalue weighted by molar-refractivity contribution is 5.99. The highest BCUT2D eigenvalue weighted by atomic mass is 16.1. The molecule has 19 heavy (non-hydrogen) atoms. The van der Waals surface area contributed by atoms with Crippen molar-refractivity contribution in [3.05, 3.63) is 65.4 Å². The van der Waals surface area contributed by atoms with Crippen molar-refractivity contribution in [1.82, 2.24) is 4.90 Å². The molecular formula is C17H19NO. The van der Waals surface area contributed by atoms with Crippen LogP contribution in [0.2, 0.25) is 0 Å². The van der Waals surface area contributed by atoms with Crippen molar-refractivity contribution >= 4 is 11.5 Å². The quantitative estimate of drug-likeness (QED) is 0.817. The highest BCUT2D eigenvalue weighted by Gasteiger charge is 2.24. The van der Waals surface area contributed by atoms with Crippen molar-refractivity contribution in [2.45, 2.75) is 20.8 Å². The van der Waals surface area contributed by atoms with E-state index in [-0.39, 0.29) is 5.78 Å². The number of allylic oxidation sites excluding steroid dienone is 3. The second-order valence-electron chi connectivity index (χ2n) is 4.70. The summed E-state index contributed by atoms with van der Waals surface area (Å²) in [6.07, 6.45) is 1.94. The number of Topliss-reactive ketones (excluding diaryl/α,β-unsaturated/α-hetero) is 1. The van der Waals surface area contributed by atoms with Gasteiger partial charge in [-0.1, -0.05) is 36.9 Å². The molecule has 0 saturated carbocycles. The molecule has 0 N–H and O–H groups in total. The first kappa shape index (κ1) is 13.3. The lowest BCUT2D eigenvalue weighted by atomic mass is 9.95. The fraction of sp³-hybridized carbons (Fsp3) is 0.235. The highest BCUT2D eigenvalue weighted by Crippen LogP contribution is 2.34. The van der Waals surface area contributed by atoms with Crippen LogP contribution in [0.4, 0.5) is 0 Å². The largest absolute Gasteiger partial charge is 0.341 e. The van der Waals surface area contributed by atoms with E-state index in [0.717, 1.165) is 29.1 Å². The number of carbonyl (C=O) groups excluding carboxylic acids is 1. The second-order valence-corrected chi connectivity index (χ2v) is 4.70. The molecule has 2 rings (SSSR count). The van der Waals surface area contributed by atoms with Gasteiger partial charge in [-0.25, -0.2) is 0 Å². The lowest BCUT2D eigenvalue weighted by Crippen LogP contribution is -2.27. The molecule has 0 atom stereocenters. The zero-order valence-electron chi connectivity index (χ0n) is 11.7. The summed E-state index contributed by atoms with van der Waals surface area (Å²) in [4.78, 5) is 13.8. The minimum Gasteiger partial charge on any atom is -0.341 e. The molecule has 2 nitrogen and oxygen atoms in total. The van der Waals surface area contributed by atoms with Crippen LogP contribution in [0.3, 0.4) is 0 Å². The van der Waals surface area contributed by atoms with Crippen LogP contribution in [0.1, 0.15) is 26.3 Å². The normalized spacial score (nSPS) is 15.6.